The van der Waals surface area contributed by atoms with Crippen molar-refractivity contribution >= 4 is 35.1 Å². The van der Waals surface area contributed by atoms with Crippen LogP contribution < -0.4 is 4.90 Å². The number of carboxylic acid groups (broad SMARTS) is 1. The number of hydrogen-bond donors (Lipinski definition) is 2. The van der Waals surface area contributed by atoms with Gasteiger partial charge in [-0.05, 0) is 49.9 Å². The highest BCUT2D eigenvalue weighted by Crippen LogP contribution is 2.63. The summed E-state index contributed by atoms with van der Waals surface area (Å²) < 4.78 is 6.42. The molecule has 3 fully saturated rings. The molecule has 3 aliphatic rings. The van der Waals surface area contributed by atoms with Crippen LogP contribution in [0.1, 0.15) is 33.6 Å². The van der Waals surface area contributed by atoms with Crippen molar-refractivity contribution in [2.45, 2.75) is 56.9 Å². The normalized spacial score (nSPS) is 32.7. The number of carboxylic acids is 1. The van der Waals surface area contributed by atoms with E-state index in [1.807, 2.05) is 13.8 Å². The second kappa shape index (κ2) is 8.66. The summed E-state index contributed by atoms with van der Waals surface area (Å²) >= 11 is 6.04. The fourth-order valence-electron chi connectivity index (χ4n) is 6.22. The molecule has 9 heteroatoms. The van der Waals surface area contributed by atoms with Crippen LogP contribution in [0.4, 0.5) is 5.69 Å². The van der Waals surface area contributed by atoms with Crippen LogP contribution in [-0.2, 0) is 19.1 Å². The van der Waals surface area contributed by atoms with E-state index in [-0.39, 0.29) is 19.1 Å². The first-order chi connectivity index (χ1) is 16.0. The summed E-state index contributed by atoms with van der Waals surface area (Å²) in [5, 5.41) is 20.8. The third kappa shape index (κ3) is 3.46. The van der Waals surface area contributed by atoms with Gasteiger partial charge in [-0.1, -0.05) is 31.5 Å². The number of hydrogen-bond acceptors (Lipinski definition) is 5. The molecule has 1 spiro atoms. The molecule has 34 heavy (non-hydrogen) atoms. The largest absolute Gasteiger partial charge is 0.481 e. The van der Waals surface area contributed by atoms with Crippen LogP contribution in [-0.4, -0.2) is 69.3 Å². The third-order valence-corrected chi connectivity index (χ3v) is 8.00. The van der Waals surface area contributed by atoms with Gasteiger partial charge in [-0.2, -0.15) is 0 Å². The Kier molecular flexibility index (Phi) is 6.29. The van der Waals surface area contributed by atoms with E-state index in [2.05, 4.69) is 6.58 Å². The number of anilines is 1. The Hall–Kier alpha value is -2.42. The molecule has 2 unspecified atom stereocenters. The molecular formula is C25H31ClN2O6. The summed E-state index contributed by atoms with van der Waals surface area (Å²) in [6.07, 6.45) is 2.40. The Labute approximate surface area is 204 Å². The fourth-order valence-corrected chi connectivity index (χ4v) is 6.34. The smallest absolute Gasteiger partial charge is 0.310 e. The first-order valence-corrected chi connectivity index (χ1v) is 11.9. The molecule has 1 aromatic carbocycles. The Morgan fingerprint density at radius 3 is 2.50 bits per heavy atom. The van der Waals surface area contributed by atoms with E-state index in [1.54, 1.807) is 37.3 Å². The molecule has 1 aromatic rings. The van der Waals surface area contributed by atoms with Crippen LogP contribution in [0.5, 0.6) is 0 Å². The van der Waals surface area contributed by atoms with Crippen LogP contribution in [0.2, 0.25) is 5.02 Å². The number of aliphatic carboxylic acids is 1. The molecule has 0 aromatic heterocycles. The lowest BCUT2D eigenvalue weighted by molar-refractivity contribution is -0.156. The molecule has 0 radical (unpaired) electrons. The van der Waals surface area contributed by atoms with E-state index in [9.17, 15) is 24.6 Å². The minimum absolute atomic E-state index is 0.168. The number of nitrogens with zero attached hydrogens (tertiary/aromatic N) is 2. The van der Waals surface area contributed by atoms with Gasteiger partial charge in [0.25, 0.3) is 5.91 Å². The van der Waals surface area contributed by atoms with E-state index < -0.39 is 52.9 Å². The summed E-state index contributed by atoms with van der Waals surface area (Å²) in [5.41, 5.74) is -1.74. The van der Waals surface area contributed by atoms with Gasteiger partial charge < -0.3 is 24.7 Å². The monoisotopic (exact) mass is 490 g/mol. The lowest BCUT2D eigenvalue weighted by atomic mass is 9.66. The van der Waals surface area contributed by atoms with Crippen LogP contribution in [0.3, 0.4) is 0 Å². The predicted molar refractivity (Wildman–Crippen MR) is 126 cm³/mol. The SMILES string of the molecule is C=CCN(C(=O)C1N([C@@H](CO)C(C)C)C(=O)[C@@H]2[C@H](C(=O)O)[C@]3(C)CCC12O3)c1ccc(Cl)cc1. The first-order valence-electron chi connectivity index (χ1n) is 11.6. The zero-order valence-corrected chi connectivity index (χ0v) is 20.4. The number of carbonyl (C=O) groups excluding carboxylic acids is 2. The van der Waals surface area contributed by atoms with Crippen LogP contribution >= 0.6 is 11.6 Å². The van der Waals surface area contributed by atoms with Crippen molar-refractivity contribution < 1.29 is 29.3 Å². The molecule has 6 atom stereocenters. The van der Waals surface area contributed by atoms with E-state index in [1.165, 1.54) is 9.80 Å². The van der Waals surface area contributed by atoms with Gasteiger partial charge in [0.15, 0.2) is 0 Å². The second-order valence-corrected chi connectivity index (χ2v) is 10.5. The van der Waals surface area contributed by atoms with E-state index >= 15 is 0 Å². The van der Waals surface area contributed by atoms with Crippen molar-refractivity contribution in [3.05, 3.63) is 41.9 Å². The highest BCUT2D eigenvalue weighted by atomic mass is 35.5. The number of rotatable bonds is 8. The molecule has 2 N–H and O–H groups in total. The van der Waals surface area contributed by atoms with Crippen molar-refractivity contribution in [1.82, 2.24) is 4.90 Å². The van der Waals surface area contributed by atoms with Crippen LogP contribution in [0.25, 0.3) is 0 Å². The number of aliphatic hydroxyl groups excluding tert-OH is 1. The molecule has 3 saturated heterocycles. The standard InChI is InChI=1S/C25H31ClN2O6/c1-5-12-27(16-8-6-15(26)7-9-16)22(31)20-25-11-10-24(4,34-25)19(23(32)33)18(25)21(30)28(20)17(13-29)14(2)3/h5-9,14,17-20,29H,1,10-13H2,2-4H3,(H,32,33)/t17-,18-,19+,20?,24-,25?/m0/s1. The summed E-state index contributed by atoms with van der Waals surface area (Å²) in [5.74, 6) is -4.19. The molecule has 184 valence electrons. The Morgan fingerprint density at radius 1 is 1.32 bits per heavy atom. The highest BCUT2D eigenvalue weighted by molar-refractivity contribution is 6.30. The number of amides is 2. The van der Waals surface area contributed by atoms with Gasteiger partial charge in [-0.15, -0.1) is 6.58 Å². The Bertz CT molecular complexity index is 1010. The van der Waals surface area contributed by atoms with Gasteiger partial charge in [-0.3, -0.25) is 14.4 Å². The molecule has 4 rings (SSSR count). The third-order valence-electron chi connectivity index (χ3n) is 7.74. The number of likely N-dealkylation sites (tertiary alicyclic amines) is 1. The van der Waals surface area contributed by atoms with Gasteiger partial charge in [0.2, 0.25) is 5.91 Å². The number of halogens is 1. The quantitative estimate of drug-likeness (QED) is 0.542. The zero-order valence-electron chi connectivity index (χ0n) is 19.6. The topological polar surface area (TPSA) is 107 Å². The molecule has 2 bridgehead atoms. The summed E-state index contributed by atoms with van der Waals surface area (Å²) in [7, 11) is 0. The van der Waals surface area contributed by atoms with Gasteiger partial charge in [0.1, 0.15) is 11.6 Å². The number of carbonyl (C=O) groups is 3. The minimum atomic E-state index is -1.28. The lowest BCUT2D eigenvalue weighted by Gasteiger charge is -2.40. The minimum Gasteiger partial charge on any atom is -0.481 e. The molecule has 0 saturated carbocycles. The lowest BCUT2D eigenvalue weighted by Crippen LogP contribution is -2.60. The second-order valence-electron chi connectivity index (χ2n) is 10.0. The van der Waals surface area contributed by atoms with E-state index in [0.29, 0.717) is 23.6 Å². The van der Waals surface area contributed by atoms with Crippen molar-refractivity contribution in [1.29, 1.82) is 0 Å². The van der Waals surface area contributed by atoms with Gasteiger partial charge in [-0.25, -0.2) is 0 Å². The first kappa shape index (κ1) is 24.7. The molecular weight excluding hydrogens is 460 g/mol. The van der Waals surface area contributed by atoms with Crippen LogP contribution in [0, 0.1) is 17.8 Å². The maximum atomic E-state index is 14.3. The summed E-state index contributed by atoms with van der Waals surface area (Å²) in [6.45, 7) is 9.02. The number of ether oxygens (including phenoxy) is 1. The molecule has 0 aliphatic carbocycles. The van der Waals surface area contributed by atoms with Gasteiger partial charge in [0, 0.05) is 17.3 Å². The van der Waals surface area contributed by atoms with E-state index in [0.717, 1.165) is 0 Å². The van der Waals surface area contributed by atoms with E-state index in [4.69, 9.17) is 16.3 Å². The van der Waals surface area contributed by atoms with Gasteiger partial charge in [0.05, 0.1) is 30.1 Å². The average Bonchev–Trinajstić information content (AvgIpc) is 3.34. The molecule has 8 nitrogen and oxygen atoms in total. The van der Waals surface area contributed by atoms with Crippen LogP contribution in [0.15, 0.2) is 36.9 Å². The van der Waals surface area contributed by atoms with Crippen molar-refractivity contribution in [3.8, 4) is 0 Å². The van der Waals surface area contributed by atoms with Crippen molar-refractivity contribution in [2.75, 3.05) is 18.1 Å². The number of benzene rings is 1. The Morgan fingerprint density at radius 2 is 1.97 bits per heavy atom. The summed E-state index contributed by atoms with van der Waals surface area (Å²) in [6, 6.07) is 5.01. The Balaban J connectivity index is 1.86. The van der Waals surface area contributed by atoms with Gasteiger partial charge >= 0.3 is 5.97 Å². The summed E-state index contributed by atoms with van der Waals surface area (Å²) in [4.78, 5) is 43.4. The van der Waals surface area contributed by atoms with Crippen molar-refractivity contribution in [2.24, 2.45) is 17.8 Å². The zero-order chi connectivity index (χ0) is 25.0. The maximum absolute atomic E-state index is 14.3. The fraction of sp³-hybridized carbons (Fsp3) is 0.560. The highest BCUT2D eigenvalue weighted by Gasteiger charge is 2.79. The number of fused-ring (bicyclic) bond motifs is 1. The maximum Gasteiger partial charge on any atom is 0.310 e. The number of aliphatic hydroxyl groups is 1. The molecule has 3 heterocycles. The molecule has 2 amide bonds. The molecule has 3 aliphatic heterocycles. The average molecular weight is 491 g/mol. The predicted octanol–water partition coefficient (Wildman–Crippen LogP) is 2.73. The van der Waals surface area contributed by atoms with Crippen molar-refractivity contribution in [3.63, 3.8) is 0 Å².